The van der Waals surface area contributed by atoms with E-state index in [1.807, 2.05) is 31.4 Å². The van der Waals surface area contributed by atoms with Gasteiger partial charge in [-0.25, -0.2) is 9.97 Å². The van der Waals surface area contributed by atoms with E-state index in [2.05, 4.69) is 9.97 Å². The number of rotatable bonds is 4. The minimum Gasteiger partial charge on any atom is -0.335 e. The molecule has 2 rings (SSSR count). The van der Waals surface area contributed by atoms with Crippen molar-refractivity contribution in [2.24, 2.45) is 0 Å². The van der Waals surface area contributed by atoms with E-state index in [-0.39, 0.29) is 22.5 Å². The highest BCUT2D eigenvalue weighted by atomic mass is 35.5. The second kappa shape index (κ2) is 6.33. The van der Waals surface area contributed by atoms with Crippen molar-refractivity contribution in [1.29, 1.82) is 0 Å². The first-order chi connectivity index (χ1) is 9.49. The lowest BCUT2D eigenvalue weighted by atomic mass is 10.2. The molecule has 0 aliphatic rings. The van der Waals surface area contributed by atoms with Gasteiger partial charge in [0.05, 0.1) is 17.8 Å². The van der Waals surface area contributed by atoms with Crippen LogP contribution in [0.15, 0.2) is 23.7 Å². The van der Waals surface area contributed by atoms with Crippen molar-refractivity contribution in [2.45, 2.75) is 26.3 Å². The maximum absolute atomic E-state index is 12.4. The van der Waals surface area contributed by atoms with Gasteiger partial charge in [0.15, 0.2) is 5.69 Å². The van der Waals surface area contributed by atoms with Gasteiger partial charge in [-0.3, -0.25) is 4.79 Å². The molecule has 0 bridgehead atoms. The lowest BCUT2D eigenvalue weighted by molar-refractivity contribution is 0.0780. The van der Waals surface area contributed by atoms with Gasteiger partial charge in [0.1, 0.15) is 5.82 Å². The zero-order valence-corrected chi connectivity index (χ0v) is 13.2. The molecular weight excluding hydrogens is 294 g/mol. The maximum Gasteiger partial charge on any atom is 0.274 e. The second-order valence-electron chi connectivity index (χ2n) is 4.82. The number of amides is 1. The largest absolute Gasteiger partial charge is 0.335 e. The molecule has 0 aromatic carbocycles. The molecule has 2 aromatic heterocycles. The fourth-order valence-electron chi connectivity index (χ4n) is 1.70. The SMILES string of the molecule is CC(C)c1ncc(Cl)c(C(=O)N(C)Cc2cccs2)n1. The molecule has 0 radical (unpaired) electrons. The van der Waals surface area contributed by atoms with Crippen LogP contribution in [-0.4, -0.2) is 27.8 Å². The van der Waals surface area contributed by atoms with Gasteiger partial charge < -0.3 is 4.90 Å². The van der Waals surface area contributed by atoms with E-state index in [0.717, 1.165) is 4.88 Å². The smallest absolute Gasteiger partial charge is 0.274 e. The summed E-state index contributed by atoms with van der Waals surface area (Å²) in [7, 11) is 1.75. The van der Waals surface area contributed by atoms with E-state index in [1.54, 1.807) is 23.3 Å². The van der Waals surface area contributed by atoms with Crippen LogP contribution in [0.5, 0.6) is 0 Å². The van der Waals surface area contributed by atoms with Crippen LogP contribution in [-0.2, 0) is 6.54 Å². The predicted molar refractivity (Wildman–Crippen MR) is 81.2 cm³/mol. The summed E-state index contributed by atoms with van der Waals surface area (Å²) in [4.78, 5) is 23.6. The molecule has 0 aliphatic heterocycles. The lowest BCUT2D eigenvalue weighted by Gasteiger charge is -2.17. The Morgan fingerprint density at radius 1 is 1.50 bits per heavy atom. The van der Waals surface area contributed by atoms with Crippen molar-refractivity contribution in [1.82, 2.24) is 14.9 Å². The summed E-state index contributed by atoms with van der Waals surface area (Å²) >= 11 is 7.67. The Morgan fingerprint density at radius 2 is 2.25 bits per heavy atom. The number of hydrogen-bond acceptors (Lipinski definition) is 4. The molecule has 0 unspecified atom stereocenters. The van der Waals surface area contributed by atoms with Crippen LogP contribution >= 0.6 is 22.9 Å². The molecule has 0 saturated heterocycles. The molecule has 106 valence electrons. The van der Waals surface area contributed by atoms with Gasteiger partial charge >= 0.3 is 0 Å². The standard InChI is InChI=1S/C14H16ClN3OS/c1-9(2)13-16-7-11(15)12(17-13)14(19)18(3)8-10-5-4-6-20-10/h4-7,9H,8H2,1-3H3. The number of hydrogen-bond donors (Lipinski definition) is 0. The van der Waals surface area contributed by atoms with Gasteiger partial charge in [0.25, 0.3) is 5.91 Å². The van der Waals surface area contributed by atoms with Crippen LogP contribution in [0.2, 0.25) is 5.02 Å². The van der Waals surface area contributed by atoms with E-state index in [0.29, 0.717) is 12.4 Å². The Balaban J connectivity index is 2.21. The van der Waals surface area contributed by atoms with Crippen molar-refractivity contribution < 1.29 is 4.79 Å². The zero-order valence-electron chi connectivity index (χ0n) is 11.6. The third-order valence-electron chi connectivity index (χ3n) is 2.80. The van der Waals surface area contributed by atoms with Crippen LogP contribution in [0, 0.1) is 0 Å². The molecule has 2 heterocycles. The zero-order chi connectivity index (χ0) is 14.7. The minimum atomic E-state index is -0.187. The van der Waals surface area contributed by atoms with Crippen molar-refractivity contribution in [2.75, 3.05) is 7.05 Å². The highest BCUT2D eigenvalue weighted by molar-refractivity contribution is 7.09. The van der Waals surface area contributed by atoms with E-state index in [1.165, 1.54) is 6.20 Å². The van der Waals surface area contributed by atoms with Gasteiger partial charge in [-0.15, -0.1) is 11.3 Å². The first kappa shape index (κ1) is 14.9. The summed E-state index contributed by atoms with van der Waals surface area (Å²) < 4.78 is 0. The van der Waals surface area contributed by atoms with Gasteiger partial charge in [-0.2, -0.15) is 0 Å². The van der Waals surface area contributed by atoms with Crippen molar-refractivity contribution in [3.63, 3.8) is 0 Å². The molecular formula is C14H16ClN3OS. The minimum absolute atomic E-state index is 0.154. The molecule has 0 fully saturated rings. The van der Waals surface area contributed by atoms with Crippen LogP contribution in [0.4, 0.5) is 0 Å². The van der Waals surface area contributed by atoms with Crippen LogP contribution in [0.1, 0.15) is 41.0 Å². The first-order valence-electron chi connectivity index (χ1n) is 6.29. The Morgan fingerprint density at radius 3 is 2.85 bits per heavy atom. The third-order valence-corrected chi connectivity index (χ3v) is 3.94. The van der Waals surface area contributed by atoms with Crippen molar-refractivity contribution in [3.8, 4) is 0 Å². The van der Waals surface area contributed by atoms with Gasteiger partial charge in [0.2, 0.25) is 0 Å². The lowest BCUT2D eigenvalue weighted by Crippen LogP contribution is -2.27. The Bertz CT molecular complexity index is 598. The molecule has 0 spiro atoms. The summed E-state index contributed by atoms with van der Waals surface area (Å²) in [6.07, 6.45) is 1.50. The van der Waals surface area contributed by atoms with Crippen LogP contribution in [0.25, 0.3) is 0 Å². The number of halogens is 1. The molecule has 2 aromatic rings. The quantitative estimate of drug-likeness (QED) is 0.867. The average molecular weight is 310 g/mol. The summed E-state index contributed by atoms with van der Waals surface area (Å²) in [5, 5.41) is 2.28. The first-order valence-corrected chi connectivity index (χ1v) is 7.55. The molecule has 0 atom stereocenters. The molecule has 20 heavy (non-hydrogen) atoms. The van der Waals surface area contributed by atoms with E-state index >= 15 is 0 Å². The number of carbonyl (C=O) groups is 1. The fourth-order valence-corrected chi connectivity index (χ4v) is 2.63. The second-order valence-corrected chi connectivity index (χ2v) is 6.26. The number of nitrogens with zero attached hydrogens (tertiary/aromatic N) is 3. The van der Waals surface area contributed by atoms with Crippen molar-refractivity contribution >= 4 is 28.8 Å². The fraction of sp³-hybridized carbons (Fsp3) is 0.357. The Labute approximate surface area is 127 Å². The molecule has 0 saturated carbocycles. The highest BCUT2D eigenvalue weighted by Crippen LogP contribution is 2.19. The summed E-state index contributed by atoms with van der Waals surface area (Å²) in [6, 6.07) is 3.96. The molecule has 4 nitrogen and oxygen atoms in total. The maximum atomic E-state index is 12.4. The van der Waals surface area contributed by atoms with Gasteiger partial charge in [-0.05, 0) is 11.4 Å². The van der Waals surface area contributed by atoms with Crippen LogP contribution in [0.3, 0.4) is 0 Å². The average Bonchev–Trinajstić information content (AvgIpc) is 2.91. The Hall–Kier alpha value is -1.46. The number of aromatic nitrogens is 2. The molecule has 0 aliphatic carbocycles. The van der Waals surface area contributed by atoms with Crippen molar-refractivity contribution in [3.05, 3.63) is 45.1 Å². The van der Waals surface area contributed by atoms with Crippen LogP contribution < -0.4 is 0 Å². The topological polar surface area (TPSA) is 46.1 Å². The predicted octanol–water partition coefficient (Wildman–Crippen LogP) is 3.59. The molecule has 0 N–H and O–H groups in total. The summed E-state index contributed by atoms with van der Waals surface area (Å²) in [5.41, 5.74) is 0.268. The van der Waals surface area contributed by atoms with E-state index < -0.39 is 0 Å². The Kier molecular flexibility index (Phi) is 4.73. The van der Waals surface area contributed by atoms with E-state index in [9.17, 15) is 4.79 Å². The van der Waals surface area contributed by atoms with Gasteiger partial charge in [0, 0.05) is 17.8 Å². The van der Waals surface area contributed by atoms with E-state index in [4.69, 9.17) is 11.6 Å². The number of carbonyl (C=O) groups excluding carboxylic acids is 1. The van der Waals surface area contributed by atoms with Gasteiger partial charge in [-0.1, -0.05) is 31.5 Å². The monoisotopic (exact) mass is 309 g/mol. The molecule has 1 amide bonds. The highest BCUT2D eigenvalue weighted by Gasteiger charge is 2.19. The normalized spacial score (nSPS) is 10.8. The summed E-state index contributed by atoms with van der Waals surface area (Å²) in [5.74, 6) is 0.594. The summed E-state index contributed by atoms with van der Waals surface area (Å²) in [6.45, 7) is 4.51. The third kappa shape index (κ3) is 3.35. The molecule has 6 heteroatoms. The number of thiophene rings is 1.